The zero-order chi connectivity index (χ0) is 32.5. The molecule has 48 heavy (non-hydrogen) atoms. The van der Waals surface area contributed by atoms with Crippen LogP contribution in [-0.4, -0.2) is 0 Å². The predicted octanol–water partition coefficient (Wildman–Crippen LogP) is 8.70. The van der Waals surface area contributed by atoms with Gasteiger partial charge in [0.15, 0.2) is 14.3 Å². The average molecular weight is 656 g/mol. The summed E-state index contributed by atoms with van der Waals surface area (Å²) in [5, 5.41) is 4.57. The molecular formula is C43H31NO2P2. The van der Waals surface area contributed by atoms with Crippen LogP contribution in [0.1, 0.15) is 5.56 Å². The molecule has 7 aromatic rings. The SMILES string of the molecule is Cc1cc2c3c(c1)P(=O)(c1ccccc1)c1cc(-c4ccccc4)ccc1N3c1ccc(-c3ccccc3)cc1P2(=O)c1ccccc1. The molecule has 2 unspecified atom stereocenters. The normalized spacial score (nSPS) is 18.8. The molecule has 0 saturated heterocycles. The predicted molar refractivity (Wildman–Crippen MR) is 203 cm³/mol. The third-order valence-corrected chi connectivity index (χ3v) is 15.8. The number of anilines is 3. The minimum atomic E-state index is -3.44. The fraction of sp³-hybridized carbons (Fsp3) is 0.0233. The van der Waals surface area contributed by atoms with Crippen molar-refractivity contribution in [1.29, 1.82) is 0 Å². The molecule has 0 radical (unpaired) electrons. The molecule has 0 aromatic heterocycles. The molecule has 0 N–H and O–H groups in total. The van der Waals surface area contributed by atoms with Crippen molar-refractivity contribution >= 4 is 63.2 Å². The fourth-order valence-corrected chi connectivity index (χ4v) is 13.8. The molecule has 2 heterocycles. The van der Waals surface area contributed by atoms with E-state index in [9.17, 15) is 0 Å². The summed E-state index contributed by atoms with van der Waals surface area (Å²) in [6, 6.07) is 57.0. The van der Waals surface area contributed by atoms with Crippen LogP contribution in [0, 0.1) is 6.92 Å². The smallest absolute Gasteiger partial charge is 0.175 e. The molecule has 2 aliphatic rings. The molecule has 0 saturated carbocycles. The van der Waals surface area contributed by atoms with Gasteiger partial charge < -0.3 is 14.0 Å². The summed E-state index contributed by atoms with van der Waals surface area (Å²) in [6.45, 7) is 2.03. The number of rotatable bonds is 4. The molecule has 2 atom stereocenters. The van der Waals surface area contributed by atoms with Gasteiger partial charge in [0.1, 0.15) is 0 Å². The Hall–Kier alpha value is -5.20. The highest BCUT2D eigenvalue weighted by Crippen LogP contribution is 2.61. The Labute approximate surface area is 280 Å². The van der Waals surface area contributed by atoms with Gasteiger partial charge in [-0.25, -0.2) is 0 Å². The van der Waals surface area contributed by atoms with Gasteiger partial charge in [-0.1, -0.05) is 133 Å². The molecule has 0 fully saturated rings. The van der Waals surface area contributed by atoms with E-state index in [-0.39, 0.29) is 0 Å². The fourth-order valence-electron chi connectivity index (χ4n) is 7.46. The minimum Gasteiger partial charge on any atom is -0.308 e. The first-order chi connectivity index (χ1) is 23.5. The molecule has 0 bridgehead atoms. The first-order valence-electron chi connectivity index (χ1n) is 16.2. The Morgan fingerprint density at radius 3 is 1.17 bits per heavy atom. The maximum Gasteiger partial charge on any atom is 0.175 e. The number of fused-ring (bicyclic) bond motifs is 4. The lowest BCUT2D eigenvalue weighted by Crippen LogP contribution is -2.46. The summed E-state index contributed by atoms with van der Waals surface area (Å²) in [4.78, 5) is 2.23. The van der Waals surface area contributed by atoms with Crippen LogP contribution >= 0.6 is 14.3 Å². The first-order valence-corrected chi connectivity index (χ1v) is 19.6. The first kappa shape index (κ1) is 29.0. The third-order valence-electron chi connectivity index (χ3n) is 9.68. The lowest BCUT2D eigenvalue weighted by Gasteiger charge is -2.44. The van der Waals surface area contributed by atoms with Gasteiger partial charge in [0, 0.05) is 31.8 Å². The summed E-state index contributed by atoms with van der Waals surface area (Å²) in [7, 11) is -6.89. The summed E-state index contributed by atoms with van der Waals surface area (Å²) in [6.07, 6.45) is 0. The van der Waals surface area contributed by atoms with Crippen molar-refractivity contribution in [3.8, 4) is 22.3 Å². The number of aryl methyl sites for hydroxylation is 1. The van der Waals surface area contributed by atoms with Crippen molar-refractivity contribution < 1.29 is 9.13 Å². The van der Waals surface area contributed by atoms with Crippen LogP contribution in [0.3, 0.4) is 0 Å². The monoisotopic (exact) mass is 655 g/mol. The minimum absolute atomic E-state index is 0.732. The summed E-state index contributed by atoms with van der Waals surface area (Å²) in [5.41, 5.74) is 7.56. The van der Waals surface area contributed by atoms with Crippen LogP contribution < -0.4 is 36.7 Å². The molecule has 0 amide bonds. The highest BCUT2D eigenvalue weighted by Gasteiger charge is 2.50. The van der Waals surface area contributed by atoms with E-state index in [4.69, 9.17) is 0 Å². The lowest BCUT2D eigenvalue weighted by molar-refractivity contribution is 0.592. The van der Waals surface area contributed by atoms with E-state index in [1.54, 1.807) is 0 Å². The van der Waals surface area contributed by atoms with E-state index in [1.807, 2.05) is 104 Å². The van der Waals surface area contributed by atoms with Crippen LogP contribution in [0.15, 0.2) is 170 Å². The maximum atomic E-state index is 16.2. The molecule has 5 heteroatoms. The molecule has 9 rings (SSSR count). The van der Waals surface area contributed by atoms with Gasteiger partial charge >= 0.3 is 0 Å². The van der Waals surface area contributed by atoms with Gasteiger partial charge in [0.25, 0.3) is 0 Å². The Bertz CT molecular complexity index is 2290. The van der Waals surface area contributed by atoms with Crippen molar-refractivity contribution in [3.05, 3.63) is 175 Å². The van der Waals surface area contributed by atoms with Crippen LogP contribution in [0.5, 0.6) is 0 Å². The van der Waals surface area contributed by atoms with Crippen molar-refractivity contribution in [2.75, 3.05) is 4.90 Å². The zero-order valence-corrected chi connectivity index (χ0v) is 28.1. The van der Waals surface area contributed by atoms with Crippen LogP contribution in [-0.2, 0) is 9.13 Å². The van der Waals surface area contributed by atoms with E-state index in [1.165, 1.54) is 0 Å². The Balaban J connectivity index is 1.42. The molecule has 7 aromatic carbocycles. The van der Waals surface area contributed by atoms with E-state index in [0.717, 1.165) is 76.7 Å². The zero-order valence-electron chi connectivity index (χ0n) is 26.3. The number of benzene rings is 7. The van der Waals surface area contributed by atoms with Gasteiger partial charge in [0.05, 0.1) is 17.1 Å². The van der Waals surface area contributed by atoms with Gasteiger partial charge in [-0.15, -0.1) is 0 Å². The van der Waals surface area contributed by atoms with Crippen molar-refractivity contribution in [2.45, 2.75) is 6.92 Å². The second-order valence-electron chi connectivity index (χ2n) is 12.5. The Morgan fingerprint density at radius 1 is 0.396 bits per heavy atom. The van der Waals surface area contributed by atoms with E-state index >= 15 is 9.13 Å². The molecule has 3 nitrogen and oxygen atoms in total. The second-order valence-corrected chi connectivity index (χ2v) is 17.9. The van der Waals surface area contributed by atoms with Crippen LogP contribution in [0.4, 0.5) is 17.1 Å². The van der Waals surface area contributed by atoms with Gasteiger partial charge in [0.2, 0.25) is 0 Å². The highest BCUT2D eigenvalue weighted by atomic mass is 31.2. The Morgan fingerprint density at radius 2 is 0.771 bits per heavy atom. The van der Waals surface area contributed by atoms with Crippen LogP contribution in [0.2, 0.25) is 0 Å². The molecule has 0 aliphatic carbocycles. The van der Waals surface area contributed by atoms with Crippen molar-refractivity contribution in [3.63, 3.8) is 0 Å². The standard InChI is InChI=1S/C43H31NO2P2/c1-30-26-41-43-42(27-30)48(46,36-20-12-5-13-21-36)40-29-34(32-16-8-3-9-17-32)23-25-38(40)44(43)37-24-22-33(31-14-6-2-7-15-31)28-39(37)47(41,45)35-18-10-4-11-19-35/h2-29H,1H3. The maximum absolute atomic E-state index is 16.2. The van der Waals surface area contributed by atoms with Crippen LogP contribution in [0.25, 0.3) is 22.3 Å². The molecule has 230 valence electrons. The quantitative estimate of drug-likeness (QED) is 0.178. The van der Waals surface area contributed by atoms with Gasteiger partial charge in [-0.2, -0.15) is 0 Å². The average Bonchev–Trinajstić information content (AvgIpc) is 3.15. The summed E-state index contributed by atoms with van der Waals surface area (Å²) < 4.78 is 32.5. The van der Waals surface area contributed by atoms with E-state index < -0.39 is 14.3 Å². The number of hydrogen-bond acceptors (Lipinski definition) is 3. The second kappa shape index (κ2) is 10.9. The largest absolute Gasteiger partial charge is 0.308 e. The van der Waals surface area contributed by atoms with Crippen molar-refractivity contribution in [2.24, 2.45) is 0 Å². The van der Waals surface area contributed by atoms with E-state index in [0.29, 0.717) is 0 Å². The summed E-state index contributed by atoms with van der Waals surface area (Å²) in [5.74, 6) is 0. The number of nitrogens with zero attached hydrogens (tertiary/aromatic N) is 1. The third kappa shape index (κ3) is 4.15. The van der Waals surface area contributed by atoms with E-state index in [2.05, 4.69) is 77.7 Å². The lowest BCUT2D eigenvalue weighted by atomic mass is 10.0. The topological polar surface area (TPSA) is 37.4 Å². The van der Waals surface area contributed by atoms with Gasteiger partial charge in [-0.05, 0) is 71.1 Å². The Kier molecular flexibility index (Phi) is 6.60. The molecule has 0 spiro atoms. The molecule has 2 aliphatic heterocycles. The highest BCUT2D eigenvalue weighted by molar-refractivity contribution is 7.88. The summed E-state index contributed by atoms with van der Waals surface area (Å²) >= 11 is 0. The van der Waals surface area contributed by atoms with Gasteiger partial charge in [-0.3, -0.25) is 0 Å². The molecular weight excluding hydrogens is 624 g/mol. The van der Waals surface area contributed by atoms with Crippen molar-refractivity contribution in [1.82, 2.24) is 0 Å². The number of hydrogen-bond donors (Lipinski definition) is 0.